The molecule has 0 aliphatic heterocycles. The Morgan fingerprint density at radius 3 is 2.32 bits per heavy atom. The van der Waals surface area contributed by atoms with Crippen LogP contribution >= 0.6 is 0 Å². The van der Waals surface area contributed by atoms with E-state index in [0.717, 1.165) is 16.8 Å². The Labute approximate surface area is 130 Å². The van der Waals surface area contributed by atoms with Crippen molar-refractivity contribution in [3.05, 3.63) is 59.7 Å². The molecule has 0 radical (unpaired) electrons. The number of benzene rings is 2. The normalized spacial score (nSPS) is 10.5. The monoisotopic (exact) mass is 297 g/mol. The van der Waals surface area contributed by atoms with Gasteiger partial charge in [0.2, 0.25) is 5.91 Å². The Morgan fingerprint density at radius 1 is 1.00 bits per heavy atom. The van der Waals surface area contributed by atoms with Gasteiger partial charge >= 0.3 is 0 Å². The summed E-state index contributed by atoms with van der Waals surface area (Å²) in [6.45, 7) is 2.00. The molecule has 0 spiro atoms. The van der Waals surface area contributed by atoms with Crippen LogP contribution in [-0.2, 0) is 4.79 Å². The Hall–Kier alpha value is -2.75. The van der Waals surface area contributed by atoms with E-state index >= 15 is 0 Å². The number of carbonyl (C=O) groups excluding carboxylic acids is 1. The lowest BCUT2D eigenvalue weighted by molar-refractivity contribution is -0.111. The second-order valence-electron chi connectivity index (χ2n) is 4.80. The highest BCUT2D eigenvalue weighted by molar-refractivity contribution is 6.01. The fourth-order valence-electron chi connectivity index (χ4n) is 1.95. The van der Waals surface area contributed by atoms with Crippen LogP contribution in [0.3, 0.4) is 0 Å². The van der Waals surface area contributed by atoms with E-state index in [4.69, 9.17) is 9.47 Å². The van der Waals surface area contributed by atoms with Crippen LogP contribution in [0.5, 0.6) is 11.5 Å². The molecule has 2 aromatic carbocycles. The van der Waals surface area contributed by atoms with Crippen molar-refractivity contribution in [3.63, 3.8) is 0 Å². The molecule has 0 bridgehead atoms. The molecule has 0 heterocycles. The highest BCUT2D eigenvalue weighted by atomic mass is 16.5. The van der Waals surface area contributed by atoms with Crippen molar-refractivity contribution >= 4 is 17.7 Å². The van der Waals surface area contributed by atoms with Crippen molar-refractivity contribution in [1.82, 2.24) is 0 Å². The maximum Gasteiger partial charge on any atom is 0.248 e. The molecule has 2 aromatic rings. The first kappa shape index (κ1) is 15.6. The first-order valence-electron chi connectivity index (χ1n) is 6.90. The van der Waals surface area contributed by atoms with Crippen LogP contribution in [0, 0.1) is 6.92 Å². The van der Waals surface area contributed by atoms with Crippen molar-refractivity contribution in [2.24, 2.45) is 0 Å². The molecule has 2 rings (SSSR count). The van der Waals surface area contributed by atoms with Gasteiger partial charge in [-0.15, -0.1) is 0 Å². The van der Waals surface area contributed by atoms with Crippen LogP contribution in [0.2, 0.25) is 0 Å². The molecule has 1 N–H and O–H groups in total. The predicted molar refractivity (Wildman–Crippen MR) is 88.4 cm³/mol. The van der Waals surface area contributed by atoms with Crippen LogP contribution in [0.15, 0.2) is 48.5 Å². The summed E-state index contributed by atoms with van der Waals surface area (Å²) in [6.07, 6.45) is 3.21. The largest absolute Gasteiger partial charge is 0.493 e. The number of aryl methyl sites for hydroxylation is 1. The fourth-order valence-corrected chi connectivity index (χ4v) is 1.95. The van der Waals surface area contributed by atoms with E-state index in [-0.39, 0.29) is 5.91 Å². The minimum absolute atomic E-state index is 0.182. The smallest absolute Gasteiger partial charge is 0.248 e. The molecule has 4 heteroatoms. The quantitative estimate of drug-likeness (QED) is 0.857. The van der Waals surface area contributed by atoms with E-state index in [1.807, 2.05) is 43.3 Å². The summed E-state index contributed by atoms with van der Waals surface area (Å²) in [5, 5.41) is 2.81. The molecule has 0 aliphatic rings. The Kier molecular flexibility index (Phi) is 5.20. The van der Waals surface area contributed by atoms with E-state index in [0.29, 0.717) is 11.5 Å². The van der Waals surface area contributed by atoms with Gasteiger partial charge in [-0.25, -0.2) is 0 Å². The van der Waals surface area contributed by atoms with Gasteiger partial charge in [0.1, 0.15) is 0 Å². The molecular weight excluding hydrogens is 278 g/mol. The lowest BCUT2D eigenvalue weighted by Crippen LogP contribution is -2.07. The van der Waals surface area contributed by atoms with Crippen molar-refractivity contribution in [2.45, 2.75) is 6.92 Å². The topological polar surface area (TPSA) is 47.6 Å². The van der Waals surface area contributed by atoms with Gasteiger partial charge < -0.3 is 14.8 Å². The zero-order valence-electron chi connectivity index (χ0n) is 12.9. The van der Waals surface area contributed by atoms with E-state index in [2.05, 4.69) is 5.32 Å². The van der Waals surface area contributed by atoms with Gasteiger partial charge in [0.05, 0.1) is 14.2 Å². The van der Waals surface area contributed by atoms with Gasteiger partial charge in [-0.05, 0) is 42.8 Å². The molecule has 0 fully saturated rings. The van der Waals surface area contributed by atoms with E-state index in [1.165, 1.54) is 6.08 Å². The zero-order chi connectivity index (χ0) is 15.9. The summed E-state index contributed by atoms with van der Waals surface area (Å²) in [6, 6.07) is 13.1. The lowest BCUT2D eigenvalue weighted by Gasteiger charge is -2.07. The maximum absolute atomic E-state index is 11.9. The van der Waals surface area contributed by atoms with Gasteiger partial charge in [0.25, 0.3) is 0 Å². The first-order valence-corrected chi connectivity index (χ1v) is 6.90. The summed E-state index contributed by atoms with van der Waals surface area (Å²) >= 11 is 0. The van der Waals surface area contributed by atoms with Crippen LogP contribution in [0.1, 0.15) is 11.1 Å². The van der Waals surface area contributed by atoms with Gasteiger partial charge in [-0.3, -0.25) is 4.79 Å². The molecule has 114 valence electrons. The third kappa shape index (κ3) is 4.12. The Morgan fingerprint density at radius 2 is 1.68 bits per heavy atom. The number of hydrogen-bond acceptors (Lipinski definition) is 3. The Balaban J connectivity index is 2.04. The number of rotatable bonds is 5. The van der Waals surface area contributed by atoms with E-state index < -0.39 is 0 Å². The third-order valence-corrected chi connectivity index (χ3v) is 3.15. The predicted octanol–water partition coefficient (Wildman–Crippen LogP) is 3.66. The van der Waals surface area contributed by atoms with Crippen LogP contribution in [0.4, 0.5) is 5.69 Å². The first-order chi connectivity index (χ1) is 10.6. The molecular formula is C18H19NO3. The van der Waals surface area contributed by atoms with Crippen molar-refractivity contribution in [2.75, 3.05) is 19.5 Å². The number of methoxy groups -OCH3 is 2. The van der Waals surface area contributed by atoms with Crippen molar-refractivity contribution < 1.29 is 14.3 Å². The van der Waals surface area contributed by atoms with E-state index in [1.54, 1.807) is 26.4 Å². The minimum atomic E-state index is -0.182. The molecule has 0 atom stereocenters. The van der Waals surface area contributed by atoms with Crippen LogP contribution < -0.4 is 14.8 Å². The highest BCUT2D eigenvalue weighted by Crippen LogP contribution is 2.27. The number of hydrogen-bond donors (Lipinski definition) is 1. The molecule has 0 saturated heterocycles. The molecule has 0 saturated carbocycles. The van der Waals surface area contributed by atoms with Gasteiger partial charge in [0, 0.05) is 11.8 Å². The second-order valence-corrected chi connectivity index (χ2v) is 4.80. The summed E-state index contributed by atoms with van der Waals surface area (Å²) < 4.78 is 10.4. The summed E-state index contributed by atoms with van der Waals surface area (Å²) in [4.78, 5) is 11.9. The lowest BCUT2D eigenvalue weighted by atomic mass is 10.2. The maximum atomic E-state index is 11.9. The highest BCUT2D eigenvalue weighted by Gasteiger charge is 2.03. The fraction of sp³-hybridized carbons (Fsp3) is 0.167. The van der Waals surface area contributed by atoms with Crippen molar-refractivity contribution in [1.29, 1.82) is 0 Å². The van der Waals surface area contributed by atoms with Gasteiger partial charge in [-0.2, -0.15) is 0 Å². The molecule has 4 nitrogen and oxygen atoms in total. The molecule has 0 aliphatic carbocycles. The molecule has 22 heavy (non-hydrogen) atoms. The van der Waals surface area contributed by atoms with Crippen LogP contribution in [-0.4, -0.2) is 20.1 Å². The zero-order valence-corrected chi connectivity index (χ0v) is 12.9. The third-order valence-electron chi connectivity index (χ3n) is 3.15. The van der Waals surface area contributed by atoms with E-state index in [9.17, 15) is 4.79 Å². The number of amides is 1. The number of anilines is 1. The summed E-state index contributed by atoms with van der Waals surface area (Å²) in [5.74, 6) is 1.10. The Bertz CT molecular complexity index is 675. The van der Waals surface area contributed by atoms with Gasteiger partial charge in [-0.1, -0.05) is 23.8 Å². The average molecular weight is 297 g/mol. The van der Waals surface area contributed by atoms with Gasteiger partial charge in [0.15, 0.2) is 11.5 Å². The summed E-state index contributed by atoms with van der Waals surface area (Å²) in [5.41, 5.74) is 2.78. The molecule has 0 unspecified atom stereocenters. The summed E-state index contributed by atoms with van der Waals surface area (Å²) in [7, 11) is 3.16. The minimum Gasteiger partial charge on any atom is -0.493 e. The number of carbonyl (C=O) groups is 1. The SMILES string of the molecule is COc1ccc(C=CC(=O)Nc2ccc(C)cc2)cc1OC. The molecule has 0 aromatic heterocycles. The number of ether oxygens (including phenoxy) is 2. The van der Waals surface area contributed by atoms with Crippen molar-refractivity contribution in [3.8, 4) is 11.5 Å². The number of nitrogens with one attached hydrogen (secondary N) is 1. The molecule has 1 amide bonds. The average Bonchev–Trinajstić information content (AvgIpc) is 2.54. The van der Waals surface area contributed by atoms with Crippen LogP contribution in [0.25, 0.3) is 6.08 Å². The standard InChI is InChI=1S/C18H19NO3/c1-13-4-8-15(9-5-13)19-18(20)11-7-14-6-10-16(21-2)17(12-14)22-3/h4-12H,1-3H3,(H,19,20). The second kappa shape index (κ2) is 7.31.